The minimum atomic E-state index is -0.132. The number of amides is 1. The van der Waals surface area contributed by atoms with Crippen molar-refractivity contribution in [3.8, 4) is 5.75 Å². The average molecular weight is 313 g/mol. The lowest BCUT2D eigenvalue weighted by Gasteiger charge is -2.23. The highest BCUT2D eigenvalue weighted by Gasteiger charge is 2.15. The van der Waals surface area contributed by atoms with Gasteiger partial charge in [0.25, 0.3) is 5.91 Å². The van der Waals surface area contributed by atoms with Crippen LogP contribution in [0, 0.1) is 0 Å². The fourth-order valence-electron chi connectivity index (χ4n) is 2.20. The van der Waals surface area contributed by atoms with E-state index in [9.17, 15) is 9.59 Å². The Morgan fingerprint density at radius 3 is 2.90 bits per heavy atom. The minimum absolute atomic E-state index is 0. The summed E-state index contributed by atoms with van der Waals surface area (Å²) >= 11 is 0. The van der Waals surface area contributed by atoms with Crippen LogP contribution >= 0.6 is 12.4 Å². The van der Waals surface area contributed by atoms with Gasteiger partial charge in [-0.25, -0.2) is 0 Å². The van der Waals surface area contributed by atoms with Gasteiger partial charge >= 0.3 is 0 Å². The van der Waals surface area contributed by atoms with E-state index < -0.39 is 0 Å². The van der Waals surface area contributed by atoms with E-state index in [1.165, 1.54) is 6.92 Å². The smallest absolute Gasteiger partial charge is 0.258 e. The number of nitrogens with one attached hydrogen (secondary N) is 2. The van der Waals surface area contributed by atoms with Gasteiger partial charge in [0.05, 0.1) is 0 Å². The Morgan fingerprint density at radius 2 is 2.24 bits per heavy atom. The second kappa shape index (κ2) is 8.64. The van der Waals surface area contributed by atoms with Gasteiger partial charge in [0.2, 0.25) is 0 Å². The standard InChI is InChI=1S/C15H20N2O3.ClH/c1-11(18)12-4-2-6-14(8-12)20-10-15(19)17-13-5-3-7-16-9-13;/h2,4,6,8,13,16H,3,5,7,9-10H2,1H3,(H,17,19);1H. The largest absolute Gasteiger partial charge is 0.484 e. The molecule has 2 N–H and O–H groups in total. The number of halogens is 1. The van der Waals surface area contributed by atoms with E-state index in [2.05, 4.69) is 10.6 Å². The number of Topliss-reactive ketones (excluding diaryl/α,β-unsaturated/α-hetero) is 1. The van der Waals surface area contributed by atoms with Gasteiger partial charge < -0.3 is 15.4 Å². The van der Waals surface area contributed by atoms with Crippen LogP contribution in [-0.2, 0) is 4.79 Å². The molecule has 5 nitrogen and oxygen atoms in total. The lowest BCUT2D eigenvalue weighted by molar-refractivity contribution is -0.123. The molecule has 6 heteroatoms. The molecule has 0 aromatic heterocycles. The van der Waals surface area contributed by atoms with Crippen LogP contribution in [0.5, 0.6) is 5.75 Å². The predicted octanol–water partition coefficient (Wildman–Crippen LogP) is 1.56. The molecule has 1 aromatic rings. The van der Waals surface area contributed by atoms with Crippen LogP contribution < -0.4 is 15.4 Å². The topological polar surface area (TPSA) is 67.4 Å². The highest BCUT2D eigenvalue weighted by molar-refractivity contribution is 5.94. The molecule has 1 unspecified atom stereocenters. The SMILES string of the molecule is CC(=O)c1cccc(OCC(=O)NC2CCCNC2)c1.Cl. The van der Waals surface area contributed by atoms with Crippen LogP contribution in [0.3, 0.4) is 0 Å². The van der Waals surface area contributed by atoms with Crippen molar-refractivity contribution in [2.24, 2.45) is 0 Å². The Bertz CT molecular complexity index is 488. The number of piperidine rings is 1. The van der Waals surface area contributed by atoms with Gasteiger partial charge in [-0.15, -0.1) is 12.4 Å². The molecule has 1 atom stereocenters. The molecule has 1 aliphatic rings. The summed E-state index contributed by atoms with van der Waals surface area (Å²) in [5.74, 6) is 0.384. The van der Waals surface area contributed by atoms with Crippen LogP contribution in [0.25, 0.3) is 0 Å². The van der Waals surface area contributed by atoms with Crippen molar-refractivity contribution in [2.45, 2.75) is 25.8 Å². The Morgan fingerprint density at radius 1 is 1.43 bits per heavy atom. The number of hydrogen-bond acceptors (Lipinski definition) is 4. The summed E-state index contributed by atoms with van der Waals surface area (Å²) in [7, 11) is 0. The van der Waals surface area contributed by atoms with Gasteiger partial charge in [0.1, 0.15) is 5.75 Å². The molecule has 1 aliphatic heterocycles. The number of ketones is 1. The van der Waals surface area contributed by atoms with Gasteiger partial charge in [-0.3, -0.25) is 9.59 Å². The van der Waals surface area contributed by atoms with Crippen LogP contribution in [0.15, 0.2) is 24.3 Å². The molecule has 0 aliphatic carbocycles. The molecule has 1 fully saturated rings. The molecule has 2 rings (SSSR count). The van der Waals surface area contributed by atoms with Gasteiger partial charge in [-0.1, -0.05) is 12.1 Å². The lowest BCUT2D eigenvalue weighted by atomic mass is 10.1. The van der Waals surface area contributed by atoms with Crippen molar-refractivity contribution in [2.75, 3.05) is 19.7 Å². The van der Waals surface area contributed by atoms with Crippen molar-refractivity contribution >= 4 is 24.1 Å². The molecule has 1 aromatic carbocycles. The van der Waals surface area contributed by atoms with Crippen molar-refractivity contribution in [3.05, 3.63) is 29.8 Å². The van der Waals surface area contributed by atoms with Crippen molar-refractivity contribution in [1.82, 2.24) is 10.6 Å². The summed E-state index contributed by atoms with van der Waals surface area (Å²) in [6.07, 6.45) is 2.07. The number of carbonyl (C=O) groups excluding carboxylic acids is 2. The first-order valence-corrected chi connectivity index (χ1v) is 6.89. The molecule has 0 spiro atoms. The molecule has 1 saturated heterocycles. The summed E-state index contributed by atoms with van der Waals surface area (Å²) in [6, 6.07) is 7.04. The Labute approximate surface area is 130 Å². The maximum absolute atomic E-state index is 11.8. The molecule has 1 amide bonds. The fraction of sp³-hybridized carbons (Fsp3) is 0.467. The number of carbonyl (C=O) groups is 2. The van der Waals surface area contributed by atoms with E-state index in [0.29, 0.717) is 11.3 Å². The highest BCUT2D eigenvalue weighted by Crippen LogP contribution is 2.13. The number of ether oxygens (including phenoxy) is 1. The van der Waals surface area contributed by atoms with Gasteiger partial charge in [0.15, 0.2) is 12.4 Å². The minimum Gasteiger partial charge on any atom is -0.484 e. The zero-order chi connectivity index (χ0) is 14.4. The van der Waals surface area contributed by atoms with E-state index in [1.807, 2.05) is 0 Å². The van der Waals surface area contributed by atoms with Crippen molar-refractivity contribution in [3.63, 3.8) is 0 Å². The van der Waals surface area contributed by atoms with E-state index in [1.54, 1.807) is 24.3 Å². The second-order valence-electron chi connectivity index (χ2n) is 4.98. The zero-order valence-corrected chi connectivity index (χ0v) is 12.9. The third-order valence-corrected chi connectivity index (χ3v) is 3.27. The van der Waals surface area contributed by atoms with E-state index in [-0.39, 0.29) is 36.7 Å². The van der Waals surface area contributed by atoms with Crippen molar-refractivity contribution < 1.29 is 14.3 Å². The van der Waals surface area contributed by atoms with E-state index in [4.69, 9.17) is 4.74 Å². The molecule has 0 saturated carbocycles. The molecule has 1 heterocycles. The van der Waals surface area contributed by atoms with Crippen LogP contribution in [-0.4, -0.2) is 37.4 Å². The Balaban J connectivity index is 0.00000220. The first-order valence-electron chi connectivity index (χ1n) is 6.89. The average Bonchev–Trinajstić information content (AvgIpc) is 2.46. The zero-order valence-electron chi connectivity index (χ0n) is 12.1. The quantitative estimate of drug-likeness (QED) is 0.810. The summed E-state index contributed by atoms with van der Waals surface area (Å²) in [6.45, 7) is 3.30. The van der Waals surface area contributed by atoms with Crippen molar-refractivity contribution in [1.29, 1.82) is 0 Å². The summed E-state index contributed by atoms with van der Waals surface area (Å²) in [5.41, 5.74) is 0.583. The third kappa shape index (κ3) is 5.73. The predicted molar refractivity (Wildman–Crippen MR) is 83.2 cm³/mol. The molecular formula is C15H21ClN2O3. The van der Waals surface area contributed by atoms with Gasteiger partial charge in [-0.2, -0.15) is 0 Å². The molecule has 0 bridgehead atoms. The number of rotatable bonds is 5. The molecular weight excluding hydrogens is 292 g/mol. The Hall–Kier alpha value is -1.59. The lowest BCUT2D eigenvalue weighted by Crippen LogP contribution is -2.46. The van der Waals surface area contributed by atoms with E-state index >= 15 is 0 Å². The van der Waals surface area contributed by atoms with Crippen LogP contribution in [0.4, 0.5) is 0 Å². The number of hydrogen-bond donors (Lipinski definition) is 2. The molecule has 0 radical (unpaired) electrons. The molecule has 116 valence electrons. The summed E-state index contributed by atoms with van der Waals surface area (Å²) in [5, 5.41) is 6.17. The molecule has 21 heavy (non-hydrogen) atoms. The van der Waals surface area contributed by atoms with E-state index in [0.717, 1.165) is 25.9 Å². The monoisotopic (exact) mass is 312 g/mol. The van der Waals surface area contributed by atoms with Gasteiger partial charge in [-0.05, 0) is 38.4 Å². The maximum atomic E-state index is 11.8. The highest BCUT2D eigenvalue weighted by atomic mass is 35.5. The van der Waals surface area contributed by atoms with Crippen LogP contribution in [0.2, 0.25) is 0 Å². The normalized spacial score (nSPS) is 17.5. The number of benzene rings is 1. The van der Waals surface area contributed by atoms with Crippen LogP contribution in [0.1, 0.15) is 30.1 Å². The summed E-state index contributed by atoms with van der Waals surface area (Å²) in [4.78, 5) is 23.0. The fourth-order valence-corrected chi connectivity index (χ4v) is 2.20. The second-order valence-corrected chi connectivity index (χ2v) is 4.98. The Kier molecular flexibility index (Phi) is 7.19. The van der Waals surface area contributed by atoms with Gasteiger partial charge in [0, 0.05) is 18.2 Å². The summed E-state index contributed by atoms with van der Waals surface area (Å²) < 4.78 is 5.42. The first-order chi connectivity index (χ1) is 9.65. The first kappa shape index (κ1) is 17.5. The third-order valence-electron chi connectivity index (χ3n) is 3.27. The maximum Gasteiger partial charge on any atom is 0.258 e.